The van der Waals surface area contributed by atoms with Crippen molar-refractivity contribution >= 4 is 0 Å². The van der Waals surface area contributed by atoms with Crippen LogP contribution in [0.25, 0.3) is 0 Å². The van der Waals surface area contributed by atoms with E-state index in [4.69, 9.17) is 0 Å². The first kappa shape index (κ1) is 14.8. The third kappa shape index (κ3) is 3.29. The van der Waals surface area contributed by atoms with Crippen LogP contribution in [0.3, 0.4) is 0 Å². The van der Waals surface area contributed by atoms with Crippen molar-refractivity contribution in [3.63, 3.8) is 0 Å². The SMILES string of the molecule is Cc1ccc(C(C)NC(C)c2ccccc2C)c(C)c1. The molecule has 0 heterocycles. The minimum absolute atomic E-state index is 0.352. The Bertz CT molecular complexity index is 586. The van der Waals surface area contributed by atoms with Gasteiger partial charge in [0.25, 0.3) is 0 Å². The van der Waals surface area contributed by atoms with E-state index >= 15 is 0 Å². The van der Waals surface area contributed by atoms with Crippen molar-refractivity contribution in [2.75, 3.05) is 0 Å². The Morgan fingerprint density at radius 2 is 1.35 bits per heavy atom. The van der Waals surface area contributed by atoms with Gasteiger partial charge in [-0.2, -0.15) is 0 Å². The van der Waals surface area contributed by atoms with Gasteiger partial charge in [-0.25, -0.2) is 0 Å². The molecule has 0 aliphatic rings. The highest BCUT2D eigenvalue weighted by molar-refractivity contribution is 5.33. The number of rotatable bonds is 4. The molecule has 0 saturated carbocycles. The summed E-state index contributed by atoms with van der Waals surface area (Å²) >= 11 is 0. The number of hydrogen-bond acceptors (Lipinski definition) is 1. The summed E-state index contributed by atoms with van der Waals surface area (Å²) < 4.78 is 0. The standard InChI is InChI=1S/C19H25N/c1-13-10-11-19(15(3)12-13)17(5)20-16(4)18-9-7-6-8-14(18)2/h6-12,16-17,20H,1-5H3. The molecule has 0 amide bonds. The van der Waals surface area contributed by atoms with Crippen molar-refractivity contribution in [1.82, 2.24) is 5.32 Å². The maximum Gasteiger partial charge on any atom is 0.0300 e. The van der Waals surface area contributed by atoms with Gasteiger partial charge >= 0.3 is 0 Å². The van der Waals surface area contributed by atoms with Gasteiger partial charge in [-0.05, 0) is 56.9 Å². The van der Waals surface area contributed by atoms with Crippen LogP contribution in [-0.2, 0) is 0 Å². The van der Waals surface area contributed by atoms with Crippen LogP contribution < -0.4 is 5.32 Å². The minimum Gasteiger partial charge on any atom is -0.304 e. The predicted molar refractivity (Wildman–Crippen MR) is 87.1 cm³/mol. The molecular formula is C19H25N. The molecule has 2 aromatic rings. The molecule has 0 spiro atoms. The van der Waals surface area contributed by atoms with Crippen molar-refractivity contribution in [3.8, 4) is 0 Å². The first-order valence-electron chi connectivity index (χ1n) is 7.37. The van der Waals surface area contributed by atoms with Crippen molar-refractivity contribution in [2.45, 2.75) is 46.7 Å². The summed E-state index contributed by atoms with van der Waals surface area (Å²) in [7, 11) is 0. The Balaban J connectivity index is 2.15. The lowest BCUT2D eigenvalue weighted by molar-refractivity contribution is 0.491. The van der Waals surface area contributed by atoms with E-state index in [9.17, 15) is 0 Å². The lowest BCUT2D eigenvalue weighted by Crippen LogP contribution is -2.23. The maximum absolute atomic E-state index is 3.71. The van der Waals surface area contributed by atoms with E-state index in [0.717, 1.165) is 0 Å². The summed E-state index contributed by atoms with van der Waals surface area (Å²) in [6.45, 7) is 11.0. The third-order valence-corrected chi connectivity index (χ3v) is 4.05. The molecule has 0 aliphatic carbocycles. The van der Waals surface area contributed by atoms with E-state index < -0.39 is 0 Å². The summed E-state index contributed by atoms with van der Waals surface area (Å²) in [6, 6.07) is 16.0. The number of aryl methyl sites for hydroxylation is 3. The molecule has 2 aromatic carbocycles. The Morgan fingerprint density at radius 3 is 1.95 bits per heavy atom. The summed E-state index contributed by atoms with van der Waals surface area (Å²) in [6.07, 6.45) is 0. The van der Waals surface area contributed by atoms with Crippen LogP contribution >= 0.6 is 0 Å². The van der Waals surface area contributed by atoms with Crippen LogP contribution in [0.2, 0.25) is 0 Å². The fourth-order valence-electron chi connectivity index (χ4n) is 2.94. The van der Waals surface area contributed by atoms with Gasteiger partial charge in [0.15, 0.2) is 0 Å². The van der Waals surface area contributed by atoms with Crippen LogP contribution in [0.5, 0.6) is 0 Å². The monoisotopic (exact) mass is 267 g/mol. The van der Waals surface area contributed by atoms with Gasteiger partial charge in [0.2, 0.25) is 0 Å². The first-order valence-corrected chi connectivity index (χ1v) is 7.37. The number of nitrogens with one attached hydrogen (secondary N) is 1. The first-order chi connectivity index (χ1) is 9.49. The minimum atomic E-state index is 0.352. The molecule has 0 aliphatic heterocycles. The fourth-order valence-corrected chi connectivity index (χ4v) is 2.94. The molecule has 0 aromatic heterocycles. The highest BCUT2D eigenvalue weighted by atomic mass is 14.9. The predicted octanol–water partition coefficient (Wildman–Crippen LogP) is 5.02. The maximum atomic E-state index is 3.71. The Morgan fingerprint density at radius 1 is 0.750 bits per heavy atom. The molecule has 2 rings (SSSR count). The smallest absolute Gasteiger partial charge is 0.0300 e. The van der Waals surface area contributed by atoms with Gasteiger partial charge in [0, 0.05) is 12.1 Å². The van der Waals surface area contributed by atoms with E-state index in [1.54, 1.807) is 0 Å². The van der Waals surface area contributed by atoms with E-state index in [1.165, 1.54) is 27.8 Å². The van der Waals surface area contributed by atoms with Gasteiger partial charge in [-0.1, -0.05) is 48.0 Å². The van der Waals surface area contributed by atoms with Gasteiger partial charge < -0.3 is 5.32 Å². The average Bonchev–Trinajstić information content (AvgIpc) is 2.38. The number of benzene rings is 2. The molecule has 1 nitrogen and oxygen atoms in total. The van der Waals surface area contributed by atoms with Crippen LogP contribution in [0.15, 0.2) is 42.5 Å². The summed E-state index contributed by atoms with van der Waals surface area (Å²) in [5.74, 6) is 0. The van der Waals surface area contributed by atoms with E-state index in [2.05, 4.69) is 82.4 Å². The molecule has 2 unspecified atom stereocenters. The summed E-state index contributed by atoms with van der Waals surface area (Å²) in [5.41, 5.74) is 6.80. The molecule has 106 valence electrons. The van der Waals surface area contributed by atoms with Crippen molar-refractivity contribution in [1.29, 1.82) is 0 Å². The molecule has 0 bridgehead atoms. The molecule has 1 N–H and O–H groups in total. The van der Waals surface area contributed by atoms with E-state index in [0.29, 0.717) is 12.1 Å². The molecule has 20 heavy (non-hydrogen) atoms. The lowest BCUT2D eigenvalue weighted by Gasteiger charge is -2.23. The topological polar surface area (TPSA) is 12.0 Å². The van der Waals surface area contributed by atoms with E-state index in [-0.39, 0.29) is 0 Å². The zero-order valence-corrected chi connectivity index (χ0v) is 13.2. The van der Waals surface area contributed by atoms with Gasteiger partial charge in [-0.3, -0.25) is 0 Å². The Hall–Kier alpha value is -1.60. The quantitative estimate of drug-likeness (QED) is 0.819. The highest BCUT2D eigenvalue weighted by Gasteiger charge is 2.13. The molecule has 0 saturated heterocycles. The largest absolute Gasteiger partial charge is 0.304 e. The normalized spacial score (nSPS) is 14.1. The van der Waals surface area contributed by atoms with Crippen LogP contribution in [0, 0.1) is 20.8 Å². The van der Waals surface area contributed by atoms with Crippen molar-refractivity contribution in [3.05, 3.63) is 70.3 Å². The molecule has 1 heteroatoms. The van der Waals surface area contributed by atoms with E-state index in [1.807, 2.05) is 0 Å². The second kappa shape index (κ2) is 6.23. The molecular weight excluding hydrogens is 242 g/mol. The van der Waals surface area contributed by atoms with Crippen LogP contribution in [-0.4, -0.2) is 0 Å². The second-order valence-corrected chi connectivity index (χ2v) is 5.83. The van der Waals surface area contributed by atoms with Crippen molar-refractivity contribution < 1.29 is 0 Å². The summed E-state index contributed by atoms with van der Waals surface area (Å²) in [5, 5.41) is 3.71. The zero-order chi connectivity index (χ0) is 14.7. The molecule has 0 radical (unpaired) electrons. The average molecular weight is 267 g/mol. The third-order valence-electron chi connectivity index (χ3n) is 4.05. The summed E-state index contributed by atoms with van der Waals surface area (Å²) in [4.78, 5) is 0. The van der Waals surface area contributed by atoms with Crippen LogP contribution in [0.1, 0.15) is 53.7 Å². The number of hydrogen-bond donors (Lipinski definition) is 1. The van der Waals surface area contributed by atoms with Crippen LogP contribution in [0.4, 0.5) is 0 Å². The van der Waals surface area contributed by atoms with Gasteiger partial charge in [-0.15, -0.1) is 0 Å². The van der Waals surface area contributed by atoms with Gasteiger partial charge in [0.05, 0.1) is 0 Å². The second-order valence-electron chi connectivity index (χ2n) is 5.83. The highest BCUT2D eigenvalue weighted by Crippen LogP contribution is 2.24. The molecule has 2 atom stereocenters. The fraction of sp³-hybridized carbons (Fsp3) is 0.368. The zero-order valence-electron chi connectivity index (χ0n) is 13.2. The Kier molecular flexibility index (Phi) is 4.61. The van der Waals surface area contributed by atoms with Crippen molar-refractivity contribution in [2.24, 2.45) is 0 Å². The lowest BCUT2D eigenvalue weighted by atomic mass is 9.97. The Labute approximate surface area is 123 Å². The molecule has 0 fully saturated rings. The van der Waals surface area contributed by atoms with Gasteiger partial charge in [0.1, 0.15) is 0 Å².